The molecule has 0 N–H and O–H groups in total. The lowest BCUT2D eigenvalue weighted by atomic mass is 10.1. The number of esters is 3. The summed E-state index contributed by atoms with van der Waals surface area (Å²) in [5, 5.41) is 0. The van der Waals surface area contributed by atoms with Gasteiger partial charge in [0.25, 0.3) is 0 Å². The van der Waals surface area contributed by atoms with Gasteiger partial charge in [-0.3, -0.25) is 14.4 Å². The molecule has 0 aliphatic heterocycles. The van der Waals surface area contributed by atoms with E-state index in [-0.39, 0.29) is 31.1 Å². The Morgan fingerprint density at radius 2 is 0.661 bits per heavy atom. The molecule has 0 bridgehead atoms. The SMILES string of the molecule is CC/C=C\C/C=C\C/C=C\C/C=C\CCCCC(=O)OC[C@H](COC(=O)CCCCCCC/C=C\C/C=C\C/C=C\CC)OC(=O)CCCCCCC/C=C\CCCC. The lowest BCUT2D eigenvalue weighted by molar-refractivity contribution is -0.167. The molecule has 0 spiro atoms. The Morgan fingerprint density at radius 3 is 1.08 bits per heavy atom. The summed E-state index contributed by atoms with van der Waals surface area (Å²) in [6.07, 6.45) is 61.0. The fourth-order valence-corrected chi connectivity index (χ4v) is 6.01. The monoisotopic (exact) mass is 819 g/mol. The Kier molecular flexibility index (Phi) is 44.1. The van der Waals surface area contributed by atoms with Crippen LogP contribution in [0.1, 0.15) is 201 Å². The van der Waals surface area contributed by atoms with E-state index in [4.69, 9.17) is 14.2 Å². The molecule has 0 amide bonds. The van der Waals surface area contributed by atoms with Crippen LogP contribution in [0.25, 0.3) is 0 Å². The first-order valence-corrected chi connectivity index (χ1v) is 23.7. The van der Waals surface area contributed by atoms with Crippen molar-refractivity contribution in [2.45, 2.75) is 207 Å². The van der Waals surface area contributed by atoms with Crippen molar-refractivity contribution in [2.24, 2.45) is 0 Å². The lowest BCUT2D eigenvalue weighted by Gasteiger charge is -2.18. The molecule has 6 nitrogen and oxygen atoms in total. The highest BCUT2D eigenvalue weighted by molar-refractivity contribution is 5.71. The Labute approximate surface area is 362 Å². The summed E-state index contributed by atoms with van der Waals surface area (Å²) < 4.78 is 16.7. The molecule has 0 aromatic heterocycles. The molecular formula is C53H86O6. The lowest BCUT2D eigenvalue weighted by Crippen LogP contribution is -2.30. The van der Waals surface area contributed by atoms with Crippen molar-refractivity contribution in [3.8, 4) is 0 Å². The van der Waals surface area contributed by atoms with Gasteiger partial charge >= 0.3 is 17.9 Å². The highest BCUT2D eigenvalue weighted by atomic mass is 16.6. The number of hydrogen-bond donors (Lipinski definition) is 0. The van der Waals surface area contributed by atoms with Crippen LogP contribution in [0, 0.1) is 0 Å². The molecule has 6 heteroatoms. The second-order valence-electron chi connectivity index (χ2n) is 15.2. The Balaban J connectivity index is 4.49. The van der Waals surface area contributed by atoms with Crippen molar-refractivity contribution in [2.75, 3.05) is 13.2 Å². The van der Waals surface area contributed by atoms with Crippen molar-refractivity contribution < 1.29 is 28.6 Å². The van der Waals surface area contributed by atoms with Gasteiger partial charge in [0.05, 0.1) is 0 Å². The van der Waals surface area contributed by atoms with E-state index in [1.165, 1.54) is 25.7 Å². The van der Waals surface area contributed by atoms with Crippen LogP contribution in [0.5, 0.6) is 0 Å². The number of carbonyl (C=O) groups is 3. The van der Waals surface area contributed by atoms with Crippen LogP contribution in [0.3, 0.4) is 0 Å². The number of hydrogen-bond acceptors (Lipinski definition) is 6. The molecule has 0 aromatic rings. The third kappa shape index (κ3) is 45.3. The van der Waals surface area contributed by atoms with E-state index in [0.29, 0.717) is 19.3 Å². The predicted molar refractivity (Wildman–Crippen MR) is 251 cm³/mol. The van der Waals surface area contributed by atoms with Gasteiger partial charge in [-0.15, -0.1) is 0 Å². The molecule has 0 radical (unpaired) electrons. The van der Waals surface area contributed by atoms with Crippen molar-refractivity contribution in [3.63, 3.8) is 0 Å². The maximum Gasteiger partial charge on any atom is 0.306 e. The van der Waals surface area contributed by atoms with Gasteiger partial charge in [-0.05, 0) is 109 Å². The molecule has 0 aliphatic rings. The van der Waals surface area contributed by atoms with E-state index in [9.17, 15) is 14.4 Å². The minimum absolute atomic E-state index is 0.105. The molecule has 0 aromatic carbocycles. The predicted octanol–water partition coefficient (Wildman–Crippen LogP) is 15.4. The van der Waals surface area contributed by atoms with Crippen LogP contribution in [0.15, 0.2) is 97.2 Å². The van der Waals surface area contributed by atoms with Gasteiger partial charge in [0.1, 0.15) is 13.2 Å². The van der Waals surface area contributed by atoms with E-state index in [2.05, 4.69) is 118 Å². The van der Waals surface area contributed by atoms with Crippen molar-refractivity contribution in [3.05, 3.63) is 97.2 Å². The summed E-state index contributed by atoms with van der Waals surface area (Å²) in [4.78, 5) is 37.8. The number of allylic oxidation sites excluding steroid dienone is 16. The zero-order chi connectivity index (χ0) is 43.0. The number of rotatable bonds is 41. The van der Waals surface area contributed by atoms with E-state index < -0.39 is 6.10 Å². The third-order valence-electron chi connectivity index (χ3n) is 9.55. The summed E-state index contributed by atoms with van der Waals surface area (Å²) in [6.45, 7) is 6.29. The van der Waals surface area contributed by atoms with Gasteiger partial charge < -0.3 is 14.2 Å². The Bertz CT molecular complexity index is 1220. The first-order chi connectivity index (χ1) is 29.0. The van der Waals surface area contributed by atoms with Gasteiger partial charge in [-0.1, -0.05) is 169 Å². The summed E-state index contributed by atoms with van der Waals surface area (Å²) in [7, 11) is 0. The molecule has 0 fully saturated rings. The highest BCUT2D eigenvalue weighted by Gasteiger charge is 2.19. The first-order valence-electron chi connectivity index (χ1n) is 23.7. The molecule has 59 heavy (non-hydrogen) atoms. The zero-order valence-corrected chi connectivity index (χ0v) is 38.0. The van der Waals surface area contributed by atoms with Crippen LogP contribution in [-0.4, -0.2) is 37.2 Å². The quantitative estimate of drug-likeness (QED) is 0.0265. The Hall–Kier alpha value is -3.67. The van der Waals surface area contributed by atoms with Crippen molar-refractivity contribution in [1.82, 2.24) is 0 Å². The standard InChI is InChI=1S/C53H86O6/c1-4-7-10-13-16-19-22-24-26-28-31-33-36-39-42-45-51(54)57-48-50(59-53(56)47-44-41-38-35-30-21-18-15-12-9-6-3)49-58-52(55)46-43-40-37-34-32-29-27-25-23-20-17-14-11-8-5-2/h7-8,10-11,15-20,24-27,31,33,50H,4-6,9,12-14,21-23,28-30,32,34-49H2,1-3H3/b10-7-,11-8-,18-15-,19-16-,20-17-,26-24-,27-25-,33-31-/t50-/m1/s1. The second kappa shape index (κ2) is 47.0. The van der Waals surface area contributed by atoms with Gasteiger partial charge in [-0.25, -0.2) is 0 Å². The molecule has 0 saturated heterocycles. The van der Waals surface area contributed by atoms with Crippen LogP contribution >= 0.6 is 0 Å². The van der Waals surface area contributed by atoms with Crippen LogP contribution in [-0.2, 0) is 28.6 Å². The third-order valence-corrected chi connectivity index (χ3v) is 9.55. The molecule has 0 unspecified atom stereocenters. The summed E-state index contributed by atoms with van der Waals surface area (Å²) in [6, 6.07) is 0. The molecule has 1 atom stereocenters. The molecule has 0 saturated carbocycles. The molecule has 0 rings (SSSR count). The fourth-order valence-electron chi connectivity index (χ4n) is 6.01. The van der Waals surface area contributed by atoms with Crippen LogP contribution < -0.4 is 0 Å². The maximum absolute atomic E-state index is 12.7. The Morgan fingerprint density at radius 1 is 0.356 bits per heavy atom. The van der Waals surface area contributed by atoms with E-state index >= 15 is 0 Å². The minimum Gasteiger partial charge on any atom is -0.462 e. The van der Waals surface area contributed by atoms with E-state index in [1.807, 2.05) is 0 Å². The number of unbranched alkanes of at least 4 members (excludes halogenated alkanes) is 14. The average Bonchev–Trinajstić information content (AvgIpc) is 3.23. The van der Waals surface area contributed by atoms with Crippen LogP contribution in [0.2, 0.25) is 0 Å². The van der Waals surface area contributed by atoms with Gasteiger partial charge in [0.15, 0.2) is 6.10 Å². The van der Waals surface area contributed by atoms with Gasteiger partial charge in [-0.2, -0.15) is 0 Å². The van der Waals surface area contributed by atoms with E-state index in [1.54, 1.807) is 0 Å². The van der Waals surface area contributed by atoms with Gasteiger partial charge in [0.2, 0.25) is 0 Å². The van der Waals surface area contributed by atoms with Crippen molar-refractivity contribution in [1.29, 1.82) is 0 Å². The van der Waals surface area contributed by atoms with Gasteiger partial charge in [0, 0.05) is 19.3 Å². The highest BCUT2D eigenvalue weighted by Crippen LogP contribution is 2.12. The topological polar surface area (TPSA) is 78.9 Å². The summed E-state index contributed by atoms with van der Waals surface area (Å²) in [5.74, 6) is -0.981. The normalized spacial score (nSPS) is 12.9. The molecule has 0 heterocycles. The maximum atomic E-state index is 12.7. The largest absolute Gasteiger partial charge is 0.462 e. The molecular weight excluding hydrogens is 733 g/mol. The summed E-state index contributed by atoms with van der Waals surface area (Å²) >= 11 is 0. The van der Waals surface area contributed by atoms with Crippen LogP contribution in [0.4, 0.5) is 0 Å². The summed E-state index contributed by atoms with van der Waals surface area (Å²) in [5.41, 5.74) is 0. The zero-order valence-electron chi connectivity index (χ0n) is 38.0. The van der Waals surface area contributed by atoms with E-state index in [0.717, 1.165) is 135 Å². The number of ether oxygens (including phenoxy) is 3. The molecule has 0 aliphatic carbocycles. The molecule has 334 valence electrons. The number of carbonyl (C=O) groups excluding carboxylic acids is 3. The van der Waals surface area contributed by atoms with Crippen molar-refractivity contribution >= 4 is 17.9 Å². The second-order valence-corrected chi connectivity index (χ2v) is 15.2. The average molecular weight is 819 g/mol. The minimum atomic E-state index is -0.805. The fraction of sp³-hybridized carbons (Fsp3) is 0.642. The first kappa shape index (κ1) is 55.3. The smallest absolute Gasteiger partial charge is 0.306 e.